The SMILES string of the molecule is CCOCc1nc2c(N)nc3ccccc3c2n1CCCCCC(=O)c1cccc(N)c1. The molecule has 0 atom stereocenters. The molecule has 4 aromatic rings. The van der Waals surface area contributed by atoms with E-state index in [2.05, 4.69) is 15.6 Å². The van der Waals surface area contributed by atoms with E-state index in [-0.39, 0.29) is 5.78 Å². The van der Waals surface area contributed by atoms with Gasteiger partial charge >= 0.3 is 0 Å². The van der Waals surface area contributed by atoms with Gasteiger partial charge in [0, 0.05) is 36.2 Å². The lowest BCUT2D eigenvalue weighted by atomic mass is 10.0. The molecule has 7 heteroatoms. The number of Topliss-reactive ketones (excluding diaryl/α,β-unsaturated/α-hetero) is 1. The Bertz CT molecular complexity index is 1250. The number of nitrogens with two attached hydrogens (primary N) is 2. The normalized spacial score (nSPS) is 11.4. The lowest BCUT2D eigenvalue weighted by Crippen LogP contribution is -2.07. The third kappa shape index (κ3) is 4.57. The van der Waals surface area contributed by atoms with Gasteiger partial charge in [-0.15, -0.1) is 0 Å². The number of carbonyl (C=O) groups excluding carboxylic acids is 1. The van der Waals surface area contributed by atoms with Crippen LogP contribution in [0.1, 0.15) is 48.8 Å². The summed E-state index contributed by atoms with van der Waals surface area (Å²) in [6.07, 6.45) is 3.19. The van der Waals surface area contributed by atoms with Crippen molar-refractivity contribution in [3.05, 3.63) is 59.9 Å². The van der Waals surface area contributed by atoms with Gasteiger partial charge in [-0.25, -0.2) is 9.97 Å². The Labute approximate surface area is 187 Å². The number of imidazole rings is 1. The topological polar surface area (TPSA) is 109 Å². The van der Waals surface area contributed by atoms with Crippen molar-refractivity contribution in [1.29, 1.82) is 0 Å². The number of hydrogen-bond donors (Lipinski definition) is 2. The number of nitrogen functional groups attached to an aromatic ring is 2. The maximum atomic E-state index is 12.4. The van der Waals surface area contributed by atoms with E-state index in [1.807, 2.05) is 37.3 Å². The minimum absolute atomic E-state index is 0.132. The fourth-order valence-corrected chi connectivity index (χ4v) is 4.04. The van der Waals surface area contributed by atoms with Gasteiger partial charge in [0.25, 0.3) is 0 Å². The number of hydrogen-bond acceptors (Lipinski definition) is 6. The van der Waals surface area contributed by atoms with Crippen LogP contribution in [0.25, 0.3) is 21.9 Å². The summed E-state index contributed by atoms with van der Waals surface area (Å²) in [6.45, 7) is 3.78. The van der Waals surface area contributed by atoms with Gasteiger partial charge in [-0.2, -0.15) is 0 Å². The smallest absolute Gasteiger partial charge is 0.162 e. The van der Waals surface area contributed by atoms with E-state index < -0.39 is 0 Å². The number of ether oxygens (including phenoxy) is 1. The first-order chi connectivity index (χ1) is 15.6. The largest absolute Gasteiger partial charge is 0.399 e. The molecule has 32 heavy (non-hydrogen) atoms. The Morgan fingerprint density at radius 2 is 1.88 bits per heavy atom. The van der Waals surface area contributed by atoms with Gasteiger partial charge < -0.3 is 20.8 Å². The summed E-state index contributed by atoms with van der Waals surface area (Å²) < 4.78 is 7.86. The number of anilines is 2. The fourth-order valence-electron chi connectivity index (χ4n) is 4.04. The first-order valence-corrected chi connectivity index (χ1v) is 11.1. The van der Waals surface area contributed by atoms with E-state index in [0.717, 1.165) is 53.6 Å². The van der Waals surface area contributed by atoms with Crippen molar-refractivity contribution in [3.63, 3.8) is 0 Å². The van der Waals surface area contributed by atoms with E-state index in [1.54, 1.807) is 12.1 Å². The molecule has 0 saturated heterocycles. The van der Waals surface area contributed by atoms with Crippen molar-refractivity contribution in [1.82, 2.24) is 14.5 Å². The first-order valence-electron chi connectivity index (χ1n) is 11.1. The van der Waals surface area contributed by atoms with E-state index in [1.165, 1.54) is 0 Å². The van der Waals surface area contributed by atoms with E-state index in [4.69, 9.17) is 21.2 Å². The quantitative estimate of drug-likeness (QED) is 0.213. The van der Waals surface area contributed by atoms with Crippen LogP contribution in [0.2, 0.25) is 0 Å². The number of aryl methyl sites for hydroxylation is 1. The molecule has 0 bridgehead atoms. The number of pyridine rings is 1. The van der Waals surface area contributed by atoms with E-state index >= 15 is 0 Å². The van der Waals surface area contributed by atoms with Crippen LogP contribution in [-0.2, 0) is 17.9 Å². The standard InChI is InChI=1S/C25H29N5O2/c1-2-32-16-22-29-23-24(19-11-5-6-12-20(19)28-25(23)27)30(22)14-7-3-4-13-21(31)17-9-8-10-18(26)15-17/h5-6,8-12,15H,2-4,7,13-14,16,26H2,1H3,(H2,27,28). The van der Waals surface area contributed by atoms with Crippen molar-refractivity contribution in [2.75, 3.05) is 18.1 Å². The van der Waals surface area contributed by atoms with Crippen LogP contribution in [0, 0.1) is 0 Å². The maximum Gasteiger partial charge on any atom is 0.162 e. The Kier molecular flexibility index (Phi) is 6.66. The molecule has 0 saturated carbocycles. The number of nitrogens with zero attached hydrogens (tertiary/aromatic N) is 3. The van der Waals surface area contributed by atoms with Gasteiger partial charge in [0.15, 0.2) is 11.6 Å². The summed E-state index contributed by atoms with van der Waals surface area (Å²) in [6, 6.07) is 15.1. The average Bonchev–Trinajstić information content (AvgIpc) is 3.16. The molecular formula is C25H29N5O2. The van der Waals surface area contributed by atoms with Crippen molar-refractivity contribution in [2.24, 2.45) is 0 Å². The predicted molar refractivity (Wildman–Crippen MR) is 128 cm³/mol. The third-order valence-corrected chi connectivity index (χ3v) is 5.62. The lowest BCUT2D eigenvalue weighted by Gasteiger charge is -2.11. The van der Waals surface area contributed by atoms with Crippen LogP contribution in [0.15, 0.2) is 48.5 Å². The molecule has 0 aliphatic carbocycles. The summed E-state index contributed by atoms with van der Waals surface area (Å²) in [5, 5.41) is 1.03. The van der Waals surface area contributed by atoms with Gasteiger partial charge in [0.05, 0.1) is 11.0 Å². The van der Waals surface area contributed by atoms with Gasteiger partial charge in [-0.1, -0.05) is 36.8 Å². The summed E-state index contributed by atoms with van der Waals surface area (Å²) in [4.78, 5) is 21.7. The minimum Gasteiger partial charge on any atom is -0.399 e. The molecule has 2 heterocycles. The van der Waals surface area contributed by atoms with Crippen molar-refractivity contribution < 1.29 is 9.53 Å². The van der Waals surface area contributed by atoms with Gasteiger partial charge in [0.2, 0.25) is 0 Å². The number of para-hydroxylation sites is 1. The van der Waals surface area contributed by atoms with Crippen LogP contribution in [-0.4, -0.2) is 26.9 Å². The molecule has 0 unspecified atom stereocenters. The fraction of sp³-hybridized carbons (Fsp3) is 0.320. The number of benzene rings is 2. The van der Waals surface area contributed by atoms with E-state index in [0.29, 0.717) is 36.7 Å². The minimum atomic E-state index is 0.132. The number of rotatable bonds is 10. The molecule has 4 rings (SSSR count). The second kappa shape index (κ2) is 9.78. The Morgan fingerprint density at radius 3 is 2.69 bits per heavy atom. The molecular weight excluding hydrogens is 402 g/mol. The molecule has 0 aliphatic rings. The number of carbonyl (C=O) groups is 1. The van der Waals surface area contributed by atoms with Crippen LogP contribution < -0.4 is 11.5 Å². The third-order valence-electron chi connectivity index (χ3n) is 5.62. The highest BCUT2D eigenvalue weighted by Crippen LogP contribution is 2.29. The highest BCUT2D eigenvalue weighted by Gasteiger charge is 2.17. The molecule has 4 N–H and O–H groups in total. The van der Waals surface area contributed by atoms with Crippen LogP contribution >= 0.6 is 0 Å². The van der Waals surface area contributed by atoms with E-state index in [9.17, 15) is 4.79 Å². The highest BCUT2D eigenvalue weighted by atomic mass is 16.5. The molecule has 0 fully saturated rings. The van der Waals surface area contributed by atoms with Crippen molar-refractivity contribution >= 4 is 39.2 Å². The van der Waals surface area contributed by atoms with Crippen LogP contribution in [0.4, 0.5) is 11.5 Å². The van der Waals surface area contributed by atoms with Gasteiger partial charge in [0.1, 0.15) is 17.9 Å². The van der Waals surface area contributed by atoms with Gasteiger partial charge in [-0.3, -0.25) is 4.79 Å². The zero-order valence-corrected chi connectivity index (χ0v) is 18.4. The summed E-state index contributed by atoms with van der Waals surface area (Å²) in [7, 11) is 0. The summed E-state index contributed by atoms with van der Waals surface area (Å²) >= 11 is 0. The number of ketones is 1. The molecule has 7 nitrogen and oxygen atoms in total. The molecule has 0 spiro atoms. The van der Waals surface area contributed by atoms with Gasteiger partial charge in [-0.05, 0) is 38.0 Å². The molecule has 0 radical (unpaired) electrons. The molecule has 2 aromatic carbocycles. The Hall–Kier alpha value is -3.45. The molecule has 0 amide bonds. The zero-order valence-electron chi connectivity index (χ0n) is 18.4. The number of aromatic nitrogens is 3. The van der Waals surface area contributed by atoms with Crippen molar-refractivity contribution in [2.45, 2.75) is 45.8 Å². The molecule has 0 aliphatic heterocycles. The van der Waals surface area contributed by atoms with Crippen LogP contribution in [0.5, 0.6) is 0 Å². The molecule has 166 valence electrons. The van der Waals surface area contributed by atoms with Crippen LogP contribution in [0.3, 0.4) is 0 Å². The second-order valence-electron chi connectivity index (χ2n) is 7.89. The summed E-state index contributed by atoms with van der Waals surface area (Å²) in [5.74, 6) is 1.41. The number of unbranched alkanes of at least 4 members (excludes halogenated alkanes) is 2. The Morgan fingerprint density at radius 1 is 1.03 bits per heavy atom. The first kappa shape index (κ1) is 21.8. The average molecular weight is 432 g/mol. The highest BCUT2D eigenvalue weighted by molar-refractivity contribution is 6.06. The molecule has 2 aromatic heterocycles. The Balaban J connectivity index is 1.49. The lowest BCUT2D eigenvalue weighted by molar-refractivity contribution is 0.0979. The zero-order chi connectivity index (χ0) is 22.5. The van der Waals surface area contributed by atoms with Crippen molar-refractivity contribution in [3.8, 4) is 0 Å². The second-order valence-corrected chi connectivity index (χ2v) is 7.89. The maximum absolute atomic E-state index is 12.4. The predicted octanol–water partition coefficient (Wildman–Crippen LogP) is 4.73. The monoisotopic (exact) mass is 431 g/mol. The number of fused-ring (bicyclic) bond motifs is 3. The summed E-state index contributed by atoms with van der Waals surface area (Å²) in [5.41, 5.74) is 15.9.